The monoisotopic (exact) mass is 298 g/mol. The smallest absolute Gasteiger partial charge is 0.405 e. The number of amides is 2. The van der Waals surface area contributed by atoms with E-state index in [-0.39, 0.29) is 5.91 Å². The van der Waals surface area contributed by atoms with E-state index in [4.69, 9.17) is 5.11 Å². The summed E-state index contributed by atoms with van der Waals surface area (Å²) in [4.78, 5) is 22.3. The predicted octanol–water partition coefficient (Wildman–Crippen LogP) is 1.97. The molecule has 0 bridgehead atoms. The molecule has 2 amide bonds. The fourth-order valence-corrected chi connectivity index (χ4v) is 2.24. The van der Waals surface area contributed by atoms with Crippen LogP contribution in [0.25, 0.3) is 0 Å². The summed E-state index contributed by atoms with van der Waals surface area (Å²) in [6.07, 6.45) is -0.0719. The van der Waals surface area contributed by atoms with E-state index in [0.29, 0.717) is 12.8 Å². The number of rotatable bonds is 1. The van der Waals surface area contributed by atoms with Gasteiger partial charge in [0.05, 0.1) is 0 Å². The second-order valence-corrected chi connectivity index (χ2v) is 4.75. The molecule has 17 heavy (non-hydrogen) atoms. The molecule has 1 heterocycles. The maximum atomic E-state index is 11.7. The maximum Gasteiger partial charge on any atom is 0.405 e. The van der Waals surface area contributed by atoms with Crippen molar-refractivity contribution >= 4 is 33.6 Å². The first-order chi connectivity index (χ1) is 8.06. The fraction of sp³-hybridized carbons (Fsp3) is 0.273. The van der Waals surface area contributed by atoms with Crippen molar-refractivity contribution in [2.75, 3.05) is 5.32 Å². The minimum absolute atomic E-state index is 0.312. The van der Waals surface area contributed by atoms with E-state index in [0.717, 1.165) is 15.7 Å². The standard InChI is InChI=1S/C11H11BrN2O3/c12-7-2-4-8-6(5-7)1-3-9(10(15)13-8)14-11(16)17/h2,4-5,9,14H,1,3H2,(H,13,15)(H,16,17). The van der Waals surface area contributed by atoms with Gasteiger partial charge in [0.2, 0.25) is 5.91 Å². The van der Waals surface area contributed by atoms with Crippen LogP contribution in [0.15, 0.2) is 22.7 Å². The van der Waals surface area contributed by atoms with Gasteiger partial charge < -0.3 is 15.7 Å². The largest absolute Gasteiger partial charge is 0.465 e. The molecule has 1 aliphatic heterocycles. The SMILES string of the molecule is O=C(O)NC1CCc2cc(Br)ccc2NC1=O. The average molecular weight is 299 g/mol. The van der Waals surface area contributed by atoms with Crippen LogP contribution in [0.3, 0.4) is 0 Å². The van der Waals surface area contributed by atoms with Crippen molar-refractivity contribution in [3.63, 3.8) is 0 Å². The number of nitrogens with one attached hydrogen (secondary N) is 2. The zero-order valence-corrected chi connectivity index (χ0v) is 10.5. The summed E-state index contributed by atoms with van der Waals surface area (Å²) in [5.41, 5.74) is 1.75. The van der Waals surface area contributed by atoms with Gasteiger partial charge in [-0.3, -0.25) is 4.79 Å². The van der Waals surface area contributed by atoms with Crippen molar-refractivity contribution < 1.29 is 14.7 Å². The zero-order chi connectivity index (χ0) is 12.4. The van der Waals surface area contributed by atoms with Crippen LogP contribution in [0, 0.1) is 0 Å². The highest BCUT2D eigenvalue weighted by Crippen LogP contribution is 2.25. The van der Waals surface area contributed by atoms with E-state index in [1.807, 2.05) is 12.1 Å². The number of hydrogen-bond acceptors (Lipinski definition) is 2. The Balaban J connectivity index is 2.22. The molecule has 0 fully saturated rings. The lowest BCUT2D eigenvalue weighted by Gasteiger charge is -2.12. The van der Waals surface area contributed by atoms with Gasteiger partial charge in [-0.1, -0.05) is 15.9 Å². The van der Waals surface area contributed by atoms with E-state index in [9.17, 15) is 9.59 Å². The minimum atomic E-state index is -1.18. The Morgan fingerprint density at radius 1 is 1.53 bits per heavy atom. The lowest BCUT2D eigenvalue weighted by molar-refractivity contribution is -0.118. The summed E-state index contributed by atoms with van der Waals surface area (Å²) in [6.45, 7) is 0. The molecule has 5 nitrogen and oxygen atoms in total. The molecule has 1 atom stereocenters. The van der Waals surface area contributed by atoms with Crippen LogP contribution in [0.5, 0.6) is 0 Å². The number of carbonyl (C=O) groups excluding carboxylic acids is 1. The Bertz CT molecular complexity index is 476. The second-order valence-electron chi connectivity index (χ2n) is 3.83. The Labute approximate surface area is 106 Å². The van der Waals surface area contributed by atoms with Crippen molar-refractivity contribution in [2.24, 2.45) is 0 Å². The Kier molecular flexibility index (Phi) is 3.33. The van der Waals surface area contributed by atoms with Crippen molar-refractivity contribution in [1.29, 1.82) is 0 Å². The molecule has 1 aliphatic rings. The van der Waals surface area contributed by atoms with Gasteiger partial charge in [0.15, 0.2) is 0 Å². The van der Waals surface area contributed by atoms with E-state index in [1.165, 1.54) is 0 Å². The maximum absolute atomic E-state index is 11.7. The number of halogens is 1. The van der Waals surface area contributed by atoms with Gasteiger partial charge in [-0.2, -0.15) is 0 Å². The number of hydrogen-bond donors (Lipinski definition) is 3. The number of benzene rings is 1. The predicted molar refractivity (Wildman–Crippen MR) is 66.0 cm³/mol. The third-order valence-electron chi connectivity index (χ3n) is 2.64. The van der Waals surface area contributed by atoms with Gasteiger partial charge in [-0.25, -0.2) is 4.79 Å². The Morgan fingerprint density at radius 3 is 3.00 bits per heavy atom. The number of carbonyl (C=O) groups is 2. The van der Waals surface area contributed by atoms with Gasteiger partial charge in [-0.05, 0) is 36.6 Å². The molecule has 0 spiro atoms. The van der Waals surface area contributed by atoms with Crippen molar-refractivity contribution in [3.05, 3.63) is 28.2 Å². The number of carboxylic acid groups (broad SMARTS) is 1. The van der Waals surface area contributed by atoms with Gasteiger partial charge in [0.1, 0.15) is 6.04 Å². The number of fused-ring (bicyclic) bond motifs is 1. The van der Waals surface area contributed by atoms with Crippen LogP contribution >= 0.6 is 15.9 Å². The molecule has 2 rings (SSSR count). The van der Waals surface area contributed by atoms with Crippen LogP contribution in [-0.4, -0.2) is 23.1 Å². The van der Waals surface area contributed by atoms with E-state index < -0.39 is 12.1 Å². The quantitative estimate of drug-likeness (QED) is 0.742. The summed E-state index contributed by atoms with van der Waals surface area (Å²) < 4.78 is 0.940. The van der Waals surface area contributed by atoms with Crippen molar-refractivity contribution in [2.45, 2.75) is 18.9 Å². The molecule has 0 aromatic heterocycles. The van der Waals surface area contributed by atoms with E-state index >= 15 is 0 Å². The summed E-state index contributed by atoms with van der Waals surface area (Å²) in [5.74, 6) is -0.312. The van der Waals surface area contributed by atoms with Crippen LogP contribution in [0.4, 0.5) is 10.5 Å². The van der Waals surface area contributed by atoms with Crippen molar-refractivity contribution in [3.8, 4) is 0 Å². The molecular formula is C11H11BrN2O3. The lowest BCUT2D eigenvalue weighted by atomic mass is 10.1. The number of aryl methyl sites for hydroxylation is 1. The zero-order valence-electron chi connectivity index (χ0n) is 8.87. The molecule has 1 unspecified atom stereocenters. The first-order valence-electron chi connectivity index (χ1n) is 5.15. The average Bonchev–Trinajstić information content (AvgIpc) is 2.39. The molecule has 3 N–H and O–H groups in total. The highest BCUT2D eigenvalue weighted by molar-refractivity contribution is 9.10. The summed E-state index contributed by atoms with van der Waals surface area (Å²) in [5, 5.41) is 13.6. The molecule has 0 saturated heterocycles. The lowest BCUT2D eigenvalue weighted by Crippen LogP contribution is -2.42. The molecular weight excluding hydrogens is 288 g/mol. The Morgan fingerprint density at radius 2 is 2.29 bits per heavy atom. The highest BCUT2D eigenvalue weighted by atomic mass is 79.9. The third kappa shape index (κ3) is 2.76. The minimum Gasteiger partial charge on any atom is -0.465 e. The first-order valence-corrected chi connectivity index (χ1v) is 5.94. The summed E-state index contributed by atoms with van der Waals surface area (Å²) in [7, 11) is 0. The van der Waals surface area contributed by atoms with Crippen molar-refractivity contribution in [1.82, 2.24) is 5.32 Å². The molecule has 1 aromatic carbocycles. The van der Waals surface area contributed by atoms with Crippen LogP contribution < -0.4 is 10.6 Å². The van der Waals surface area contributed by atoms with Gasteiger partial charge >= 0.3 is 6.09 Å². The molecule has 1 aromatic rings. The van der Waals surface area contributed by atoms with Crippen LogP contribution in [-0.2, 0) is 11.2 Å². The fourth-order valence-electron chi connectivity index (χ4n) is 1.83. The van der Waals surface area contributed by atoms with Crippen LogP contribution in [0.1, 0.15) is 12.0 Å². The van der Waals surface area contributed by atoms with E-state index in [1.54, 1.807) is 6.07 Å². The third-order valence-corrected chi connectivity index (χ3v) is 3.13. The van der Waals surface area contributed by atoms with E-state index in [2.05, 4.69) is 26.6 Å². The van der Waals surface area contributed by atoms with Gasteiger partial charge in [0.25, 0.3) is 0 Å². The number of anilines is 1. The van der Waals surface area contributed by atoms with Gasteiger partial charge in [0, 0.05) is 10.2 Å². The topological polar surface area (TPSA) is 78.4 Å². The van der Waals surface area contributed by atoms with Gasteiger partial charge in [-0.15, -0.1) is 0 Å². The second kappa shape index (κ2) is 4.75. The molecule has 90 valence electrons. The molecule has 0 aliphatic carbocycles. The normalized spacial score (nSPS) is 18.9. The summed E-state index contributed by atoms with van der Waals surface area (Å²) in [6, 6.07) is 4.88. The molecule has 0 saturated carbocycles. The van der Waals surface area contributed by atoms with Crippen LogP contribution in [0.2, 0.25) is 0 Å². The Hall–Kier alpha value is -1.56. The summed E-state index contributed by atoms with van der Waals surface area (Å²) >= 11 is 3.36. The molecule has 6 heteroatoms. The first kappa shape index (κ1) is 11.9. The highest BCUT2D eigenvalue weighted by Gasteiger charge is 2.24. The molecule has 0 radical (unpaired) electrons.